The minimum atomic E-state index is -0.823. The second-order valence-corrected chi connectivity index (χ2v) is 6.57. The fourth-order valence-electron chi connectivity index (χ4n) is 1.97. The Bertz CT molecular complexity index is 592. The van der Waals surface area contributed by atoms with Gasteiger partial charge in [-0.1, -0.05) is 12.1 Å². The molecule has 102 valence electrons. The molecule has 0 aliphatic carbocycles. The largest absolute Gasteiger partial charge is 0.386 e. The zero-order valence-electron chi connectivity index (χ0n) is 12.3. The van der Waals surface area contributed by atoms with Gasteiger partial charge in [0.25, 0.3) is 0 Å². The molecule has 1 aromatic heterocycles. The summed E-state index contributed by atoms with van der Waals surface area (Å²) >= 11 is 0. The van der Waals surface area contributed by atoms with Crippen molar-refractivity contribution in [2.75, 3.05) is 5.32 Å². The highest BCUT2D eigenvalue weighted by Crippen LogP contribution is 2.25. The maximum atomic E-state index is 10.0. The van der Waals surface area contributed by atoms with Gasteiger partial charge in [-0.05, 0) is 57.7 Å². The summed E-state index contributed by atoms with van der Waals surface area (Å²) in [6, 6.07) is 8.01. The first-order valence-electron chi connectivity index (χ1n) is 6.56. The number of fused-ring (bicyclic) bond motifs is 1. The summed E-state index contributed by atoms with van der Waals surface area (Å²) in [5, 5.41) is 15.5. The van der Waals surface area contributed by atoms with Crippen LogP contribution in [0.25, 0.3) is 10.8 Å². The molecule has 0 fully saturated rings. The minimum absolute atomic E-state index is 0.00624. The molecule has 0 saturated heterocycles. The Kier molecular flexibility index (Phi) is 3.27. The predicted octanol–water partition coefficient (Wildman–Crippen LogP) is 3.67. The van der Waals surface area contributed by atoms with Crippen molar-refractivity contribution < 1.29 is 5.11 Å². The van der Waals surface area contributed by atoms with Gasteiger partial charge in [0, 0.05) is 17.1 Å². The fourth-order valence-corrected chi connectivity index (χ4v) is 1.97. The molecule has 2 aromatic rings. The third-order valence-corrected chi connectivity index (χ3v) is 2.93. The number of benzene rings is 1. The maximum Gasteiger partial charge on any atom is 0.126 e. The Labute approximate surface area is 114 Å². The number of anilines is 1. The van der Waals surface area contributed by atoms with Gasteiger partial charge in [0.2, 0.25) is 0 Å². The first kappa shape index (κ1) is 13.8. The molecule has 3 nitrogen and oxygen atoms in total. The Morgan fingerprint density at radius 1 is 1.00 bits per heavy atom. The number of hydrogen-bond donors (Lipinski definition) is 2. The van der Waals surface area contributed by atoms with Gasteiger partial charge in [-0.3, -0.25) is 0 Å². The van der Waals surface area contributed by atoms with Crippen molar-refractivity contribution in [3.63, 3.8) is 0 Å². The lowest BCUT2D eigenvalue weighted by Gasteiger charge is -2.22. The molecular weight excluding hydrogens is 236 g/mol. The molecule has 0 amide bonds. The van der Waals surface area contributed by atoms with Gasteiger partial charge in [0.1, 0.15) is 5.82 Å². The molecule has 19 heavy (non-hydrogen) atoms. The van der Waals surface area contributed by atoms with Gasteiger partial charge >= 0.3 is 0 Å². The van der Waals surface area contributed by atoms with Crippen LogP contribution in [0.3, 0.4) is 0 Å². The van der Waals surface area contributed by atoms with Gasteiger partial charge in [-0.15, -0.1) is 0 Å². The van der Waals surface area contributed by atoms with Crippen LogP contribution in [0.5, 0.6) is 0 Å². The number of nitrogens with zero attached hydrogens (tertiary/aromatic N) is 1. The van der Waals surface area contributed by atoms with Crippen LogP contribution in [0.15, 0.2) is 30.5 Å². The third kappa shape index (κ3) is 3.44. The van der Waals surface area contributed by atoms with Crippen molar-refractivity contribution in [1.29, 1.82) is 0 Å². The Morgan fingerprint density at radius 3 is 2.26 bits per heavy atom. The topological polar surface area (TPSA) is 45.1 Å². The van der Waals surface area contributed by atoms with Crippen molar-refractivity contribution in [1.82, 2.24) is 4.98 Å². The minimum Gasteiger partial charge on any atom is -0.386 e. The molecule has 0 aliphatic rings. The van der Waals surface area contributed by atoms with Crippen LogP contribution >= 0.6 is 0 Å². The fraction of sp³-hybridized carbons (Fsp3) is 0.438. The van der Waals surface area contributed by atoms with E-state index in [1.807, 2.05) is 30.5 Å². The third-order valence-electron chi connectivity index (χ3n) is 2.93. The predicted molar refractivity (Wildman–Crippen MR) is 80.4 cm³/mol. The van der Waals surface area contributed by atoms with E-state index in [1.165, 1.54) is 0 Å². The molecule has 2 rings (SSSR count). The number of aliphatic hydroxyl groups is 1. The molecule has 0 aliphatic heterocycles. The lowest BCUT2D eigenvalue weighted by atomic mass is 9.96. The molecule has 0 bridgehead atoms. The highest BCUT2D eigenvalue weighted by molar-refractivity contribution is 5.84. The van der Waals surface area contributed by atoms with Crippen LogP contribution in [0.1, 0.15) is 40.2 Å². The molecule has 1 heterocycles. The van der Waals surface area contributed by atoms with Crippen LogP contribution in [0.2, 0.25) is 0 Å². The van der Waals surface area contributed by atoms with Crippen LogP contribution < -0.4 is 5.32 Å². The zero-order chi connectivity index (χ0) is 14.3. The smallest absolute Gasteiger partial charge is 0.126 e. The van der Waals surface area contributed by atoms with Gasteiger partial charge in [-0.2, -0.15) is 0 Å². The molecule has 3 heteroatoms. The average Bonchev–Trinajstić information content (AvgIpc) is 2.24. The summed E-state index contributed by atoms with van der Waals surface area (Å²) < 4.78 is 0. The van der Waals surface area contributed by atoms with E-state index in [0.717, 1.165) is 22.2 Å². The van der Waals surface area contributed by atoms with Crippen LogP contribution in [0, 0.1) is 0 Å². The number of aromatic nitrogens is 1. The van der Waals surface area contributed by atoms with Crippen molar-refractivity contribution >= 4 is 16.6 Å². The molecule has 0 atom stereocenters. The number of pyridine rings is 1. The van der Waals surface area contributed by atoms with Gasteiger partial charge in [0.05, 0.1) is 5.60 Å². The molecular formula is C16H22N2O. The highest BCUT2D eigenvalue weighted by atomic mass is 16.3. The van der Waals surface area contributed by atoms with Gasteiger partial charge < -0.3 is 10.4 Å². The van der Waals surface area contributed by atoms with Crippen LogP contribution in [0.4, 0.5) is 5.82 Å². The monoisotopic (exact) mass is 258 g/mol. The Morgan fingerprint density at radius 2 is 1.68 bits per heavy atom. The maximum absolute atomic E-state index is 10.0. The standard InChI is InChI=1S/C16H22N2O/c1-15(2,3)18-14-9-11-6-7-13(16(4,5)19)8-12(11)10-17-14/h6-10,19H,1-5H3,(H,17,18). The second-order valence-electron chi connectivity index (χ2n) is 6.57. The van der Waals surface area contributed by atoms with Crippen molar-refractivity contribution in [3.05, 3.63) is 36.0 Å². The van der Waals surface area contributed by atoms with Crippen LogP contribution in [-0.4, -0.2) is 15.6 Å². The van der Waals surface area contributed by atoms with E-state index in [2.05, 4.69) is 31.1 Å². The summed E-state index contributed by atoms with van der Waals surface area (Å²) in [5.74, 6) is 0.871. The van der Waals surface area contributed by atoms with Crippen LogP contribution in [-0.2, 0) is 5.60 Å². The molecule has 0 unspecified atom stereocenters. The van der Waals surface area contributed by atoms with E-state index in [9.17, 15) is 5.11 Å². The summed E-state index contributed by atoms with van der Waals surface area (Å²) in [4.78, 5) is 4.42. The van der Waals surface area contributed by atoms with Crippen molar-refractivity contribution in [3.8, 4) is 0 Å². The summed E-state index contributed by atoms with van der Waals surface area (Å²) in [6.07, 6.45) is 1.85. The zero-order valence-corrected chi connectivity index (χ0v) is 12.3. The summed E-state index contributed by atoms with van der Waals surface area (Å²) in [5.41, 5.74) is 0.0721. The summed E-state index contributed by atoms with van der Waals surface area (Å²) in [6.45, 7) is 9.90. The van der Waals surface area contributed by atoms with E-state index in [1.54, 1.807) is 13.8 Å². The quantitative estimate of drug-likeness (QED) is 0.863. The molecule has 0 radical (unpaired) electrons. The molecule has 0 saturated carbocycles. The molecule has 1 aromatic carbocycles. The van der Waals surface area contributed by atoms with E-state index < -0.39 is 5.60 Å². The van der Waals surface area contributed by atoms with E-state index in [4.69, 9.17) is 0 Å². The first-order valence-corrected chi connectivity index (χ1v) is 6.56. The lowest BCUT2D eigenvalue weighted by Crippen LogP contribution is -2.26. The second kappa shape index (κ2) is 4.49. The highest BCUT2D eigenvalue weighted by Gasteiger charge is 2.16. The normalized spacial score (nSPS) is 12.7. The first-order chi connectivity index (χ1) is 8.65. The Balaban J connectivity index is 2.41. The van der Waals surface area contributed by atoms with Crippen molar-refractivity contribution in [2.45, 2.75) is 45.8 Å². The number of nitrogens with one attached hydrogen (secondary N) is 1. The van der Waals surface area contributed by atoms with E-state index >= 15 is 0 Å². The average molecular weight is 258 g/mol. The number of rotatable bonds is 2. The summed E-state index contributed by atoms with van der Waals surface area (Å²) in [7, 11) is 0. The molecule has 0 spiro atoms. The van der Waals surface area contributed by atoms with E-state index in [0.29, 0.717) is 0 Å². The number of hydrogen-bond acceptors (Lipinski definition) is 3. The SMILES string of the molecule is CC(C)(C)Nc1cc2ccc(C(C)(C)O)cc2cn1. The molecule has 2 N–H and O–H groups in total. The van der Waals surface area contributed by atoms with Gasteiger partial charge in [0.15, 0.2) is 0 Å². The lowest BCUT2D eigenvalue weighted by molar-refractivity contribution is 0.0787. The van der Waals surface area contributed by atoms with Gasteiger partial charge in [-0.25, -0.2) is 4.98 Å². The van der Waals surface area contributed by atoms with E-state index in [-0.39, 0.29) is 5.54 Å². The van der Waals surface area contributed by atoms with Crippen molar-refractivity contribution in [2.24, 2.45) is 0 Å². The Hall–Kier alpha value is -1.61.